The van der Waals surface area contributed by atoms with E-state index >= 15 is 0 Å². The maximum atomic E-state index is 5.06. The minimum atomic E-state index is 1.02. The van der Waals surface area contributed by atoms with Crippen molar-refractivity contribution in [2.24, 2.45) is 0 Å². The van der Waals surface area contributed by atoms with Crippen molar-refractivity contribution in [1.29, 1.82) is 0 Å². The van der Waals surface area contributed by atoms with Gasteiger partial charge >= 0.3 is 0 Å². The smallest absolute Gasteiger partial charge is 0.0788 e. The lowest BCUT2D eigenvalue weighted by Crippen LogP contribution is -1.92. The summed E-state index contributed by atoms with van der Waals surface area (Å²) in [6.45, 7) is 0. The summed E-state index contributed by atoms with van der Waals surface area (Å²) in [7, 11) is 0. The number of aromatic nitrogens is 1. The fourth-order valence-corrected chi connectivity index (χ4v) is 3.65. The average Bonchev–Trinajstić information content (AvgIpc) is 2.79. The van der Waals surface area contributed by atoms with Crippen LogP contribution in [0.4, 0.5) is 0 Å². The first-order valence-electron chi connectivity index (χ1n) is 9.49. The molecule has 4 aromatic carbocycles. The number of fused-ring (bicyclic) bond motifs is 1. The molecule has 0 saturated carbocycles. The zero-order valence-corrected chi connectivity index (χ0v) is 15.4. The lowest BCUT2D eigenvalue weighted by atomic mass is 9.95. The number of rotatable bonds is 3. The van der Waals surface area contributed by atoms with Gasteiger partial charge in [0, 0.05) is 16.5 Å². The van der Waals surface area contributed by atoms with Gasteiger partial charge in [0.15, 0.2) is 0 Å². The molecule has 0 spiro atoms. The van der Waals surface area contributed by atoms with Crippen LogP contribution in [0.15, 0.2) is 115 Å². The van der Waals surface area contributed by atoms with E-state index in [-0.39, 0.29) is 0 Å². The Morgan fingerprint density at radius 1 is 0.429 bits per heavy atom. The van der Waals surface area contributed by atoms with Crippen LogP contribution in [0.5, 0.6) is 0 Å². The summed E-state index contributed by atoms with van der Waals surface area (Å²) in [6, 6.07) is 40.2. The Balaban J connectivity index is 1.74. The van der Waals surface area contributed by atoms with Crippen LogP contribution in [0.1, 0.15) is 0 Å². The van der Waals surface area contributed by atoms with Gasteiger partial charge in [-0.05, 0) is 34.9 Å². The van der Waals surface area contributed by atoms with Crippen molar-refractivity contribution in [2.45, 2.75) is 0 Å². The summed E-state index contributed by atoms with van der Waals surface area (Å²) in [5, 5.41) is 1.16. The normalized spacial score (nSPS) is 10.9. The van der Waals surface area contributed by atoms with Crippen molar-refractivity contribution >= 4 is 10.9 Å². The highest BCUT2D eigenvalue weighted by atomic mass is 14.7. The molecule has 1 heterocycles. The van der Waals surface area contributed by atoms with Crippen molar-refractivity contribution in [3.63, 3.8) is 0 Å². The van der Waals surface area contributed by atoms with Crippen LogP contribution >= 0.6 is 0 Å². The van der Waals surface area contributed by atoms with E-state index in [1.54, 1.807) is 0 Å². The molecule has 0 radical (unpaired) electrons. The molecule has 0 aliphatic rings. The molecule has 0 aliphatic heterocycles. The van der Waals surface area contributed by atoms with E-state index in [1.165, 1.54) is 16.7 Å². The molecule has 0 atom stereocenters. The second kappa shape index (κ2) is 7.13. The molecule has 0 fully saturated rings. The van der Waals surface area contributed by atoms with Crippen LogP contribution in [0.25, 0.3) is 44.4 Å². The van der Waals surface area contributed by atoms with Gasteiger partial charge in [0.25, 0.3) is 0 Å². The van der Waals surface area contributed by atoms with Gasteiger partial charge in [0.2, 0.25) is 0 Å². The number of hydrogen-bond donors (Lipinski definition) is 0. The standard InChI is InChI=1S/C27H19N/c1-3-10-20(11-4-1)22-15-9-16-24(18-22)27-25(21-12-5-2-6-13-21)19-23-14-7-8-17-26(23)28-27/h1-19H. The molecule has 5 aromatic rings. The number of hydrogen-bond acceptors (Lipinski definition) is 1. The van der Waals surface area contributed by atoms with E-state index in [4.69, 9.17) is 4.98 Å². The minimum Gasteiger partial charge on any atom is -0.247 e. The molecule has 0 amide bonds. The Labute approximate surface area is 165 Å². The van der Waals surface area contributed by atoms with Gasteiger partial charge in [0.1, 0.15) is 0 Å². The largest absolute Gasteiger partial charge is 0.247 e. The van der Waals surface area contributed by atoms with Crippen molar-refractivity contribution in [2.75, 3.05) is 0 Å². The lowest BCUT2D eigenvalue weighted by molar-refractivity contribution is 1.39. The van der Waals surface area contributed by atoms with E-state index in [1.807, 2.05) is 18.2 Å². The first-order valence-corrected chi connectivity index (χ1v) is 9.49. The van der Waals surface area contributed by atoms with Gasteiger partial charge in [-0.1, -0.05) is 97.1 Å². The van der Waals surface area contributed by atoms with Crippen LogP contribution in [0.2, 0.25) is 0 Å². The molecule has 0 saturated heterocycles. The van der Waals surface area contributed by atoms with E-state index in [9.17, 15) is 0 Å². The number of nitrogens with zero attached hydrogens (tertiary/aromatic N) is 1. The third kappa shape index (κ3) is 3.08. The van der Waals surface area contributed by atoms with E-state index in [0.29, 0.717) is 0 Å². The zero-order chi connectivity index (χ0) is 18.8. The average molecular weight is 357 g/mol. The number of para-hydroxylation sites is 1. The van der Waals surface area contributed by atoms with Crippen LogP contribution < -0.4 is 0 Å². The Bertz CT molecular complexity index is 1240. The predicted octanol–water partition coefficient (Wildman–Crippen LogP) is 7.24. The Morgan fingerprint density at radius 3 is 1.82 bits per heavy atom. The molecule has 132 valence electrons. The van der Waals surface area contributed by atoms with E-state index in [2.05, 4.69) is 97.1 Å². The Kier molecular flexibility index (Phi) is 4.19. The summed E-state index contributed by atoms with van der Waals surface area (Å²) < 4.78 is 0. The van der Waals surface area contributed by atoms with E-state index in [0.717, 1.165) is 27.7 Å². The summed E-state index contributed by atoms with van der Waals surface area (Å²) in [6.07, 6.45) is 0. The Morgan fingerprint density at radius 2 is 1.04 bits per heavy atom. The summed E-state index contributed by atoms with van der Waals surface area (Å²) in [4.78, 5) is 5.06. The van der Waals surface area contributed by atoms with Crippen molar-refractivity contribution in [3.8, 4) is 33.5 Å². The van der Waals surface area contributed by atoms with Gasteiger partial charge < -0.3 is 0 Å². The maximum absolute atomic E-state index is 5.06. The van der Waals surface area contributed by atoms with Gasteiger partial charge in [0.05, 0.1) is 11.2 Å². The van der Waals surface area contributed by atoms with Gasteiger partial charge in [-0.25, -0.2) is 4.98 Å². The second-order valence-corrected chi connectivity index (χ2v) is 6.89. The SMILES string of the molecule is c1ccc(-c2cccc(-c3nc4ccccc4cc3-c3ccccc3)c2)cc1. The number of pyridine rings is 1. The summed E-state index contributed by atoms with van der Waals surface area (Å²) >= 11 is 0. The molecule has 1 aromatic heterocycles. The Hall–Kier alpha value is -3.71. The molecule has 0 unspecified atom stereocenters. The predicted molar refractivity (Wildman–Crippen MR) is 118 cm³/mol. The van der Waals surface area contributed by atoms with E-state index < -0.39 is 0 Å². The molecule has 0 N–H and O–H groups in total. The molecule has 5 rings (SSSR count). The fraction of sp³-hybridized carbons (Fsp3) is 0. The van der Waals surface area contributed by atoms with Crippen molar-refractivity contribution in [3.05, 3.63) is 115 Å². The molecule has 28 heavy (non-hydrogen) atoms. The minimum absolute atomic E-state index is 1.02. The maximum Gasteiger partial charge on any atom is 0.0788 e. The fourth-order valence-electron chi connectivity index (χ4n) is 3.65. The third-order valence-electron chi connectivity index (χ3n) is 5.05. The van der Waals surface area contributed by atoms with Crippen LogP contribution in [-0.4, -0.2) is 4.98 Å². The summed E-state index contributed by atoms with van der Waals surface area (Å²) in [5.41, 5.74) is 7.92. The van der Waals surface area contributed by atoms with Crippen molar-refractivity contribution in [1.82, 2.24) is 4.98 Å². The van der Waals surface area contributed by atoms with Crippen LogP contribution in [0.3, 0.4) is 0 Å². The molecule has 0 bridgehead atoms. The zero-order valence-electron chi connectivity index (χ0n) is 15.4. The van der Waals surface area contributed by atoms with Gasteiger partial charge in [-0.3, -0.25) is 0 Å². The van der Waals surface area contributed by atoms with Crippen LogP contribution in [0, 0.1) is 0 Å². The first kappa shape index (κ1) is 16.5. The highest BCUT2D eigenvalue weighted by Gasteiger charge is 2.12. The molecule has 0 aliphatic carbocycles. The monoisotopic (exact) mass is 357 g/mol. The quantitative estimate of drug-likeness (QED) is 0.332. The first-order chi connectivity index (χ1) is 13.9. The highest BCUT2D eigenvalue weighted by molar-refractivity contribution is 5.92. The molecular formula is C27H19N. The number of benzene rings is 4. The summed E-state index contributed by atoms with van der Waals surface area (Å²) in [5.74, 6) is 0. The second-order valence-electron chi connectivity index (χ2n) is 6.89. The molecule has 1 heteroatoms. The van der Waals surface area contributed by atoms with Gasteiger partial charge in [-0.2, -0.15) is 0 Å². The topological polar surface area (TPSA) is 12.9 Å². The molecule has 1 nitrogen and oxygen atoms in total. The third-order valence-corrected chi connectivity index (χ3v) is 5.05. The van der Waals surface area contributed by atoms with Gasteiger partial charge in [-0.15, -0.1) is 0 Å². The lowest BCUT2D eigenvalue weighted by Gasteiger charge is -2.13. The highest BCUT2D eigenvalue weighted by Crippen LogP contribution is 2.35. The molecular weight excluding hydrogens is 338 g/mol. The van der Waals surface area contributed by atoms with Crippen molar-refractivity contribution < 1.29 is 0 Å². The van der Waals surface area contributed by atoms with Crippen LogP contribution in [-0.2, 0) is 0 Å².